The van der Waals surface area contributed by atoms with Crippen molar-refractivity contribution in [2.24, 2.45) is 0 Å². The van der Waals surface area contributed by atoms with Crippen LogP contribution in [-0.4, -0.2) is 4.98 Å². The van der Waals surface area contributed by atoms with Crippen LogP contribution in [0.4, 0.5) is 0 Å². The number of nitrogens with zero attached hydrogens (tertiary/aromatic N) is 1. The van der Waals surface area contributed by atoms with Crippen molar-refractivity contribution in [3.8, 4) is 0 Å². The highest BCUT2D eigenvalue weighted by atomic mass is 32.1. The number of hydrogen-bond donors (Lipinski definition) is 0. The topological polar surface area (TPSA) is 12.9 Å². The minimum Gasteiger partial charge on any atom is -0.256 e. The molecule has 0 fully saturated rings. The van der Waals surface area contributed by atoms with E-state index < -0.39 is 0 Å². The van der Waals surface area contributed by atoms with Crippen molar-refractivity contribution in [3.05, 3.63) is 91.1 Å². The molecule has 0 aliphatic heterocycles. The number of benzene rings is 5. The zero-order valence-electron chi connectivity index (χ0n) is 15.5. The molecule has 2 heteroatoms. The Morgan fingerprint density at radius 3 is 2.31 bits per heavy atom. The maximum Gasteiger partial charge on any atom is 0.0786 e. The Morgan fingerprint density at radius 2 is 1.34 bits per heavy atom. The summed E-state index contributed by atoms with van der Waals surface area (Å²) in [5.41, 5.74) is 1.08. The predicted molar refractivity (Wildman–Crippen MR) is 127 cm³/mol. The van der Waals surface area contributed by atoms with Crippen molar-refractivity contribution in [3.63, 3.8) is 0 Å². The van der Waals surface area contributed by atoms with Gasteiger partial charge in [-0.1, -0.05) is 60.7 Å². The van der Waals surface area contributed by atoms with E-state index in [2.05, 4.69) is 78.9 Å². The van der Waals surface area contributed by atoms with Crippen molar-refractivity contribution in [2.75, 3.05) is 0 Å². The minimum atomic E-state index is 1.08. The van der Waals surface area contributed by atoms with Crippen LogP contribution in [0.25, 0.3) is 63.4 Å². The summed E-state index contributed by atoms with van der Waals surface area (Å²) in [6.45, 7) is 0. The van der Waals surface area contributed by atoms with E-state index in [1.807, 2.05) is 23.6 Å². The van der Waals surface area contributed by atoms with Crippen LogP contribution in [0.2, 0.25) is 0 Å². The molecule has 0 atom stereocenters. The molecule has 0 aliphatic carbocycles. The molecule has 0 saturated heterocycles. The average molecular weight is 385 g/mol. The van der Waals surface area contributed by atoms with Crippen molar-refractivity contribution in [2.45, 2.75) is 0 Å². The van der Waals surface area contributed by atoms with Crippen LogP contribution in [0.5, 0.6) is 0 Å². The van der Waals surface area contributed by atoms with E-state index in [0.717, 1.165) is 5.52 Å². The summed E-state index contributed by atoms with van der Waals surface area (Å²) in [5, 5.41) is 11.6. The van der Waals surface area contributed by atoms with Gasteiger partial charge < -0.3 is 0 Å². The third-order valence-corrected chi connectivity index (χ3v) is 7.20. The van der Waals surface area contributed by atoms with E-state index in [-0.39, 0.29) is 0 Å². The van der Waals surface area contributed by atoms with Crippen molar-refractivity contribution in [1.29, 1.82) is 0 Å². The van der Waals surface area contributed by atoms with Gasteiger partial charge in [-0.25, -0.2) is 0 Å². The number of thiophene rings is 1. The van der Waals surface area contributed by atoms with Crippen LogP contribution < -0.4 is 0 Å². The van der Waals surface area contributed by atoms with Gasteiger partial charge in [0.2, 0.25) is 0 Å². The quantitative estimate of drug-likeness (QED) is 0.241. The highest BCUT2D eigenvalue weighted by molar-refractivity contribution is 7.25. The van der Waals surface area contributed by atoms with Gasteiger partial charge in [-0.05, 0) is 51.2 Å². The lowest BCUT2D eigenvalue weighted by atomic mass is 9.92. The standard InChI is InChI=1S/C27H15NS/c1-2-7-17-16(6-1)11-12-20-26(17)23-14-22-18-8-3-4-10-24(18)29-25(22)15-21(23)19-9-5-13-28-27(19)20/h1-15H. The summed E-state index contributed by atoms with van der Waals surface area (Å²) in [4.78, 5) is 4.79. The molecule has 0 unspecified atom stereocenters. The SMILES string of the molecule is c1ccc2c(c1)ccc1c3ncccc3c3cc4sc5ccccc5c4cc3c21. The molecule has 134 valence electrons. The van der Waals surface area contributed by atoms with Crippen molar-refractivity contribution >= 4 is 74.7 Å². The normalized spacial score (nSPS) is 12.1. The van der Waals surface area contributed by atoms with Crippen LogP contribution in [0.15, 0.2) is 91.1 Å². The third kappa shape index (κ3) is 2.01. The fraction of sp³-hybridized carbons (Fsp3) is 0. The van der Waals surface area contributed by atoms with Gasteiger partial charge in [-0.15, -0.1) is 11.3 Å². The molecule has 2 heterocycles. The lowest BCUT2D eigenvalue weighted by Gasteiger charge is -2.12. The van der Waals surface area contributed by atoms with Crippen molar-refractivity contribution in [1.82, 2.24) is 4.98 Å². The molecular formula is C27H15NS. The summed E-state index contributed by atoms with van der Waals surface area (Å²) in [6.07, 6.45) is 1.90. The van der Waals surface area contributed by atoms with Crippen LogP contribution in [-0.2, 0) is 0 Å². The van der Waals surface area contributed by atoms with Crippen LogP contribution in [0, 0.1) is 0 Å². The number of rotatable bonds is 0. The molecule has 2 aromatic heterocycles. The zero-order valence-corrected chi connectivity index (χ0v) is 16.3. The highest BCUT2D eigenvalue weighted by Gasteiger charge is 2.14. The van der Waals surface area contributed by atoms with Gasteiger partial charge in [0.25, 0.3) is 0 Å². The second kappa shape index (κ2) is 5.53. The Kier molecular flexibility index (Phi) is 2.94. The molecule has 0 aliphatic rings. The first-order chi connectivity index (χ1) is 14.4. The number of hydrogen-bond acceptors (Lipinski definition) is 2. The van der Waals surface area contributed by atoms with E-state index in [1.165, 1.54) is 57.9 Å². The third-order valence-electron chi connectivity index (χ3n) is 6.07. The Morgan fingerprint density at radius 1 is 0.517 bits per heavy atom. The highest BCUT2D eigenvalue weighted by Crippen LogP contribution is 2.42. The molecule has 0 saturated carbocycles. The first-order valence-electron chi connectivity index (χ1n) is 9.82. The lowest BCUT2D eigenvalue weighted by molar-refractivity contribution is 1.43. The first kappa shape index (κ1) is 15.4. The lowest BCUT2D eigenvalue weighted by Crippen LogP contribution is -1.87. The Labute approximate surface area is 170 Å². The summed E-state index contributed by atoms with van der Waals surface area (Å²) >= 11 is 1.87. The number of fused-ring (bicyclic) bond motifs is 11. The van der Waals surface area contributed by atoms with Crippen LogP contribution >= 0.6 is 11.3 Å². The van der Waals surface area contributed by atoms with Gasteiger partial charge in [-0.2, -0.15) is 0 Å². The molecule has 0 amide bonds. The minimum absolute atomic E-state index is 1.08. The maximum atomic E-state index is 4.79. The van der Waals surface area contributed by atoms with E-state index in [1.54, 1.807) is 0 Å². The molecule has 29 heavy (non-hydrogen) atoms. The second-order valence-corrected chi connectivity index (χ2v) is 8.68. The molecule has 5 aromatic carbocycles. The zero-order chi connectivity index (χ0) is 18.9. The van der Waals surface area contributed by atoms with E-state index in [0.29, 0.717) is 0 Å². The van der Waals surface area contributed by atoms with Crippen LogP contribution in [0.3, 0.4) is 0 Å². The molecule has 7 rings (SSSR count). The smallest absolute Gasteiger partial charge is 0.0786 e. The molecule has 0 N–H and O–H groups in total. The molecule has 0 spiro atoms. The molecule has 7 aromatic rings. The summed E-state index contributed by atoms with van der Waals surface area (Å²) in [6, 6.07) is 30.9. The molecule has 0 radical (unpaired) electrons. The molecule has 0 bridgehead atoms. The van der Waals surface area contributed by atoms with E-state index in [9.17, 15) is 0 Å². The first-order valence-corrected chi connectivity index (χ1v) is 10.6. The fourth-order valence-corrected chi connectivity index (χ4v) is 5.92. The van der Waals surface area contributed by atoms with Gasteiger partial charge in [-0.3, -0.25) is 4.98 Å². The van der Waals surface area contributed by atoms with Gasteiger partial charge in [0.15, 0.2) is 0 Å². The van der Waals surface area contributed by atoms with Gasteiger partial charge in [0, 0.05) is 37.1 Å². The van der Waals surface area contributed by atoms with Crippen molar-refractivity contribution < 1.29 is 0 Å². The molecule has 1 nitrogen and oxygen atoms in total. The number of pyridine rings is 1. The fourth-order valence-electron chi connectivity index (χ4n) is 4.80. The largest absolute Gasteiger partial charge is 0.256 e. The summed E-state index contributed by atoms with van der Waals surface area (Å²) in [5.74, 6) is 0. The van der Waals surface area contributed by atoms with E-state index in [4.69, 9.17) is 4.98 Å². The second-order valence-electron chi connectivity index (χ2n) is 7.60. The van der Waals surface area contributed by atoms with Gasteiger partial charge in [0.1, 0.15) is 0 Å². The van der Waals surface area contributed by atoms with Gasteiger partial charge in [0.05, 0.1) is 5.52 Å². The Balaban J connectivity index is 1.86. The summed E-state index contributed by atoms with van der Waals surface area (Å²) in [7, 11) is 0. The number of aromatic nitrogens is 1. The average Bonchev–Trinajstić information content (AvgIpc) is 3.15. The molecular weight excluding hydrogens is 370 g/mol. The van der Waals surface area contributed by atoms with Crippen LogP contribution in [0.1, 0.15) is 0 Å². The summed E-state index contributed by atoms with van der Waals surface area (Å²) < 4.78 is 2.68. The van der Waals surface area contributed by atoms with E-state index >= 15 is 0 Å². The predicted octanol–water partition coefficient (Wildman–Crippen LogP) is 8.06. The maximum absolute atomic E-state index is 4.79. The Bertz CT molecular complexity index is 1760. The Hall–Kier alpha value is -3.49. The monoisotopic (exact) mass is 385 g/mol. The van der Waals surface area contributed by atoms with Gasteiger partial charge >= 0.3 is 0 Å².